The minimum Gasteiger partial charge on any atom is -0.466 e. The maximum absolute atomic E-state index is 13.2. The lowest BCUT2D eigenvalue weighted by molar-refractivity contribution is -0.143. The Hall–Kier alpha value is -2.58. The van der Waals surface area contributed by atoms with Crippen LogP contribution in [0.5, 0.6) is 0 Å². The summed E-state index contributed by atoms with van der Waals surface area (Å²) in [5.74, 6) is -0.876. The molecule has 0 aliphatic rings. The van der Waals surface area contributed by atoms with Gasteiger partial charge in [-0.3, -0.25) is 14.0 Å². The Kier molecular flexibility index (Phi) is 7.04. The molecule has 0 bridgehead atoms. The molecule has 0 saturated carbocycles. The summed E-state index contributed by atoms with van der Waals surface area (Å²) in [4.78, 5) is 30.6. The van der Waals surface area contributed by atoms with E-state index in [-0.39, 0.29) is 30.9 Å². The van der Waals surface area contributed by atoms with Crippen molar-refractivity contribution in [3.8, 4) is 0 Å². The van der Waals surface area contributed by atoms with Gasteiger partial charge in [0, 0.05) is 19.3 Å². The van der Waals surface area contributed by atoms with E-state index in [1.165, 1.54) is 15.4 Å². The summed E-state index contributed by atoms with van der Waals surface area (Å²) in [6, 6.07) is 2.20. The van der Waals surface area contributed by atoms with Crippen LogP contribution in [-0.4, -0.2) is 45.9 Å². The van der Waals surface area contributed by atoms with Crippen molar-refractivity contribution in [1.82, 2.24) is 14.3 Å². The second kappa shape index (κ2) is 9.07. The zero-order valence-electron chi connectivity index (χ0n) is 16.2. The first kappa shape index (κ1) is 21.7. The molecule has 2 aromatic heterocycles. The van der Waals surface area contributed by atoms with E-state index in [9.17, 15) is 22.8 Å². The Morgan fingerprint density at radius 3 is 2.46 bits per heavy atom. The highest BCUT2D eigenvalue weighted by molar-refractivity contribution is 5.95. The summed E-state index contributed by atoms with van der Waals surface area (Å²) in [5, 5.41) is 0. The lowest BCUT2D eigenvalue weighted by atomic mass is 10.2. The zero-order valence-corrected chi connectivity index (χ0v) is 16.2. The van der Waals surface area contributed by atoms with Gasteiger partial charge in [0.1, 0.15) is 11.3 Å². The lowest BCUT2D eigenvalue weighted by Crippen LogP contribution is -2.35. The van der Waals surface area contributed by atoms with Gasteiger partial charge >= 0.3 is 12.1 Å². The van der Waals surface area contributed by atoms with Gasteiger partial charge in [-0.1, -0.05) is 13.8 Å². The first-order chi connectivity index (χ1) is 13.2. The fraction of sp³-hybridized carbons (Fsp3) is 0.526. The fourth-order valence-electron chi connectivity index (χ4n) is 2.93. The number of rotatable bonds is 8. The van der Waals surface area contributed by atoms with Crippen molar-refractivity contribution in [3.05, 3.63) is 35.3 Å². The molecule has 0 radical (unpaired) electrons. The van der Waals surface area contributed by atoms with Crippen LogP contribution in [0.25, 0.3) is 5.65 Å². The number of ether oxygens (including phenoxy) is 1. The number of alkyl halides is 3. The van der Waals surface area contributed by atoms with Gasteiger partial charge in [0.15, 0.2) is 0 Å². The number of aromatic nitrogens is 2. The van der Waals surface area contributed by atoms with E-state index in [1.807, 2.05) is 6.92 Å². The lowest BCUT2D eigenvalue weighted by Gasteiger charge is -2.22. The first-order valence-electron chi connectivity index (χ1n) is 9.25. The van der Waals surface area contributed by atoms with Gasteiger partial charge < -0.3 is 9.64 Å². The molecule has 9 heteroatoms. The maximum Gasteiger partial charge on any atom is 0.417 e. The predicted molar refractivity (Wildman–Crippen MR) is 97.0 cm³/mol. The number of hydrogen-bond acceptors (Lipinski definition) is 4. The van der Waals surface area contributed by atoms with Gasteiger partial charge in [0.25, 0.3) is 5.91 Å². The van der Waals surface area contributed by atoms with Crippen molar-refractivity contribution in [2.75, 3.05) is 19.7 Å². The average molecular weight is 399 g/mol. The van der Waals surface area contributed by atoms with Gasteiger partial charge in [-0.2, -0.15) is 13.2 Å². The Morgan fingerprint density at radius 2 is 1.89 bits per heavy atom. The van der Waals surface area contributed by atoms with Crippen LogP contribution in [0.4, 0.5) is 13.2 Å². The summed E-state index contributed by atoms with van der Waals surface area (Å²) < 4.78 is 45.4. The van der Waals surface area contributed by atoms with E-state index < -0.39 is 23.6 Å². The Labute approximate surface area is 161 Å². The van der Waals surface area contributed by atoms with Crippen LogP contribution >= 0.6 is 0 Å². The third-order valence-corrected chi connectivity index (χ3v) is 4.23. The number of carbonyl (C=O) groups is 2. The molecule has 0 saturated heterocycles. The minimum atomic E-state index is -4.53. The standard InChI is InChI=1S/C19H24F3N3O3/c1-4-10-24(11-9-16(26)28-6-3)18(27)17-14(5-2)23-15-8-7-13(12-25(15)17)19(20,21)22/h7-8,12H,4-6,9-11H2,1-3H3. The van der Waals surface area contributed by atoms with Gasteiger partial charge in [-0.25, -0.2) is 4.98 Å². The Bertz CT molecular complexity index is 846. The molecule has 0 N–H and O–H groups in total. The molecule has 0 unspecified atom stereocenters. The van der Waals surface area contributed by atoms with Crippen LogP contribution in [0.2, 0.25) is 0 Å². The highest BCUT2D eigenvalue weighted by Crippen LogP contribution is 2.30. The van der Waals surface area contributed by atoms with Crippen LogP contribution < -0.4 is 0 Å². The number of imidazole rings is 1. The van der Waals surface area contributed by atoms with Gasteiger partial charge in [0.2, 0.25) is 0 Å². The fourth-order valence-corrected chi connectivity index (χ4v) is 2.93. The summed E-state index contributed by atoms with van der Waals surface area (Å²) in [7, 11) is 0. The molecule has 0 spiro atoms. The van der Waals surface area contributed by atoms with Crippen LogP contribution in [0, 0.1) is 0 Å². The number of amides is 1. The van der Waals surface area contributed by atoms with Crippen LogP contribution in [0.15, 0.2) is 18.3 Å². The van der Waals surface area contributed by atoms with E-state index >= 15 is 0 Å². The van der Waals surface area contributed by atoms with E-state index in [2.05, 4.69) is 4.98 Å². The van der Waals surface area contributed by atoms with Crippen LogP contribution in [0.3, 0.4) is 0 Å². The normalized spacial score (nSPS) is 11.6. The molecule has 2 aromatic rings. The molecule has 28 heavy (non-hydrogen) atoms. The number of fused-ring (bicyclic) bond motifs is 1. The zero-order chi connectivity index (χ0) is 20.9. The second-order valence-electron chi connectivity index (χ2n) is 6.25. The van der Waals surface area contributed by atoms with Crippen LogP contribution in [-0.2, 0) is 22.1 Å². The quantitative estimate of drug-likeness (QED) is 0.635. The molecule has 0 fully saturated rings. The van der Waals surface area contributed by atoms with E-state index in [0.29, 0.717) is 25.1 Å². The van der Waals surface area contributed by atoms with Crippen molar-refractivity contribution in [2.45, 2.75) is 46.2 Å². The Morgan fingerprint density at radius 1 is 1.18 bits per heavy atom. The highest BCUT2D eigenvalue weighted by Gasteiger charge is 2.32. The number of hydrogen-bond donors (Lipinski definition) is 0. The molecule has 1 amide bonds. The van der Waals surface area contributed by atoms with Crippen molar-refractivity contribution < 1.29 is 27.5 Å². The SMILES string of the molecule is CCCN(CCC(=O)OCC)C(=O)c1c(CC)nc2ccc(C(F)(F)F)cn12. The summed E-state index contributed by atoms with van der Waals surface area (Å²) in [6.07, 6.45) is -2.59. The van der Waals surface area contributed by atoms with Crippen molar-refractivity contribution in [3.63, 3.8) is 0 Å². The number of aryl methyl sites for hydroxylation is 1. The number of nitrogens with zero attached hydrogens (tertiary/aromatic N) is 3. The van der Waals surface area contributed by atoms with Crippen molar-refractivity contribution >= 4 is 17.5 Å². The molecule has 6 nitrogen and oxygen atoms in total. The monoisotopic (exact) mass is 399 g/mol. The summed E-state index contributed by atoms with van der Waals surface area (Å²) in [5.41, 5.74) is -0.0693. The molecule has 2 rings (SSSR count). The molecule has 0 aromatic carbocycles. The molecule has 0 aliphatic heterocycles. The Balaban J connectivity index is 2.43. The van der Waals surface area contributed by atoms with Crippen molar-refractivity contribution in [1.29, 1.82) is 0 Å². The number of pyridine rings is 1. The number of esters is 1. The van der Waals surface area contributed by atoms with Gasteiger partial charge in [0.05, 0.1) is 24.3 Å². The first-order valence-corrected chi connectivity index (χ1v) is 9.25. The molecule has 154 valence electrons. The number of halogens is 3. The maximum atomic E-state index is 13.2. The number of carbonyl (C=O) groups excluding carboxylic acids is 2. The van der Waals surface area contributed by atoms with E-state index in [0.717, 1.165) is 12.3 Å². The van der Waals surface area contributed by atoms with Crippen molar-refractivity contribution in [2.24, 2.45) is 0 Å². The third kappa shape index (κ3) is 4.82. The highest BCUT2D eigenvalue weighted by atomic mass is 19.4. The minimum absolute atomic E-state index is 0.0194. The largest absolute Gasteiger partial charge is 0.466 e. The van der Waals surface area contributed by atoms with Gasteiger partial charge in [-0.05, 0) is 31.9 Å². The summed E-state index contributed by atoms with van der Waals surface area (Å²) in [6.45, 7) is 6.09. The molecular formula is C19H24F3N3O3. The summed E-state index contributed by atoms with van der Waals surface area (Å²) >= 11 is 0. The molecular weight excluding hydrogens is 375 g/mol. The predicted octanol–water partition coefficient (Wildman–Crippen LogP) is 3.72. The van der Waals surface area contributed by atoms with Gasteiger partial charge in [-0.15, -0.1) is 0 Å². The average Bonchev–Trinajstić information content (AvgIpc) is 3.01. The second-order valence-corrected chi connectivity index (χ2v) is 6.25. The van der Waals surface area contributed by atoms with Crippen LogP contribution in [0.1, 0.15) is 55.4 Å². The van der Waals surface area contributed by atoms with E-state index in [1.54, 1.807) is 13.8 Å². The molecule has 2 heterocycles. The molecule has 0 atom stereocenters. The third-order valence-electron chi connectivity index (χ3n) is 4.23. The van der Waals surface area contributed by atoms with E-state index in [4.69, 9.17) is 4.74 Å². The molecule has 0 aliphatic carbocycles. The smallest absolute Gasteiger partial charge is 0.417 e. The topological polar surface area (TPSA) is 63.9 Å².